The predicted octanol–water partition coefficient (Wildman–Crippen LogP) is 5.88. The van der Waals surface area contributed by atoms with Gasteiger partial charge >= 0.3 is 0 Å². The molecule has 1 unspecified atom stereocenters. The average molecular weight is 584 g/mol. The Morgan fingerprint density at radius 2 is 1.60 bits per heavy atom. The zero-order valence-corrected chi connectivity index (χ0v) is 25.1. The highest BCUT2D eigenvalue weighted by Crippen LogP contribution is 2.27. The lowest BCUT2D eigenvalue weighted by Crippen LogP contribution is -2.52. The molecule has 9 heteroatoms. The summed E-state index contributed by atoms with van der Waals surface area (Å²) in [7, 11) is -4.10. The van der Waals surface area contributed by atoms with Gasteiger partial charge in [0.15, 0.2) is 0 Å². The number of rotatable bonds is 13. The van der Waals surface area contributed by atoms with Crippen molar-refractivity contribution < 1.29 is 18.0 Å². The summed E-state index contributed by atoms with van der Waals surface area (Å²) in [6.45, 7) is 7.77. The second-order valence-electron chi connectivity index (χ2n) is 9.77. The van der Waals surface area contributed by atoms with Gasteiger partial charge in [0, 0.05) is 18.1 Å². The van der Waals surface area contributed by atoms with Gasteiger partial charge < -0.3 is 10.2 Å². The minimum absolute atomic E-state index is 0.0599. The van der Waals surface area contributed by atoms with Crippen LogP contribution < -0.4 is 9.62 Å². The molecule has 3 aromatic rings. The third kappa shape index (κ3) is 7.64. The Morgan fingerprint density at radius 3 is 2.23 bits per heavy atom. The summed E-state index contributed by atoms with van der Waals surface area (Å²) in [5.74, 6) is -0.782. The molecular formula is C31H38ClN3O4S. The number of nitrogens with one attached hydrogen (secondary N) is 1. The molecule has 7 nitrogen and oxygen atoms in total. The number of hydrogen-bond donors (Lipinski definition) is 1. The molecule has 0 saturated carbocycles. The Hall–Kier alpha value is -3.36. The number of nitrogens with zero attached hydrogens (tertiary/aromatic N) is 2. The van der Waals surface area contributed by atoms with Crippen LogP contribution in [0.25, 0.3) is 0 Å². The molecule has 0 aliphatic carbocycles. The maximum Gasteiger partial charge on any atom is 0.264 e. The first-order chi connectivity index (χ1) is 19.1. The smallest absolute Gasteiger partial charge is 0.264 e. The number of sulfonamides is 1. The monoisotopic (exact) mass is 583 g/mol. The van der Waals surface area contributed by atoms with E-state index in [4.69, 9.17) is 11.6 Å². The highest BCUT2D eigenvalue weighted by molar-refractivity contribution is 7.92. The molecule has 214 valence electrons. The fourth-order valence-corrected chi connectivity index (χ4v) is 5.99. The van der Waals surface area contributed by atoms with Gasteiger partial charge in [-0.1, -0.05) is 74.3 Å². The van der Waals surface area contributed by atoms with Crippen LogP contribution in [0.1, 0.15) is 49.8 Å². The van der Waals surface area contributed by atoms with Gasteiger partial charge in [0.05, 0.1) is 10.6 Å². The SMILES string of the molecule is CCCCNC(=O)C(CC)N(Cc1ccccc1Cl)C(=O)CN(c1ccc(C)c(C)c1)S(=O)(=O)c1ccccc1. The first-order valence-corrected chi connectivity index (χ1v) is 15.4. The van der Waals surface area contributed by atoms with E-state index in [1.54, 1.807) is 48.5 Å². The molecule has 1 N–H and O–H groups in total. The molecule has 0 saturated heterocycles. The molecule has 1 atom stereocenters. The number of carbonyl (C=O) groups is 2. The number of aryl methyl sites for hydroxylation is 2. The van der Waals surface area contributed by atoms with Gasteiger partial charge in [-0.15, -0.1) is 0 Å². The lowest BCUT2D eigenvalue weighted by atomic mass is 10.1. The van der Waals surface area contributed by atoms with Crippen LogP contribution >= 0.6 is 11.6 Å². The van der Waals surface area contributed by atoms with E-state index in [-0.39, 0.29) is 17.3 Å². The minimum atomic E-state index is -4.10. The summed E-state index contributed by atoms with van der Waals surface area (Å²) in [4.78, 5) is 28.9. The zero-order chi connectivity index (χ0) is 29.3. The van der Waals surface area contributed by atoms with Crippen molar-refractivity contribution in [2.45, 2.75) is 64.4 Å². The lowest BCUT2D eigenvalue weighted by molar-refractivity contribution is -0.140. The number of amides is 2. The number of carbonyl (C=O) groups excluding carboxylic acids is 2. The molecule has 2 amide bonds. The lowest BCUT2D eigenvalue weighted by Gasteiger charge is -2.33. The molecule has 40 heavy (non-hydrogen) atoms. The topological polar surface area (TPSA) is 86.8 Å². The van der Waals surface area contributed by atoms with Crippen molar-refractivity contribution in [3.8, 4) is 0 Å². The van der Waals surface area contributed by atoms with E-state index in [9.17, 15) is 18.0 Å². The third-order valence-corrected chi connectivity index (χ3v) is 9.06. The highest BCUT2D eigenvalue weighted by atomic mass is 35.5. The maximum absolute atomic E-state index is 14.1. The molecule has 0 heterocycles. The number of hydrogen-bond acceptors (Lipinski definition) is 4. The fourth-order valence-electron chi connectivity index (χ4n) is 4.36. The Morgan fingerprint density at radius 1 is 0.925 bits per heavy atom. The zero-order valence-electron chi connectivity index (χ0n) is 23.6. The van der Waals surface area contributed by atoms with Crippen molar-refractivity contribution in [1.82, 2.24) is 10.2 Å². The molecule has 0 aliphatic heterocycles. The van der Waals surface area contributed by atoms with Gasteiger partial charge in [-0.25, -0.2) is 8.42 Å². The summed E-state index contributed by atoms with van der Waals surface area (Å²) in [5, 5.41) is 3.39. The summed E-state index contributed by atoms with van der Waals surface area (Å²) in [5.41, 5.74) is 2.94. The average Bonchev–Trinajstić information content (AvgIpc) is 2.94. The quantitative estimate of drug-likeness (QED) is 0.255. The van der Waals surface area contributed by atoms with Crippen LogP contribution in [0, 0.1) is 13.8 Å². The normalized spacial score (nSPS) is 12.0. The Labute approximate surface area is 243 Å². The van der Waals surface area contributed by atoms with Crippen LogP contribution in [0.3, 0.4) is 0 Å². The van der Waals surface area contributed by atoms with Crippen molar-refractivity contribution in [3.63, 3.8) is 0 Å². The van der Waals surface area contributed by atoms with Crippen molar-refractivity contribution in [2.75, 3.05) is 17.4 Å². The molecule has 0 bridgehead atoms. The van der Waals surface area contributed by atoms with Crippen LogP contribution in [0.15, 0.2) is 77.7 Å². The Bertz CT molecular complexity index is 1410. The first kappa shape index (κ1) is 31.2. The standard InChI is InChI=1S/C31H38ClN3O4S/c1-5-7-19-33-31(37)29(6-2)34(21-25-13-11-12-16-28(25)32)30(36)22-35(26-18-17-23(3)24(4)20-26)40(38,39)27-14-9-8-10-15-27/h8-18,20,29H,5-7,19,21-22H2,1-4H3,(H,33,37). The molecule has 3 aromatic carbocycles. The van der Waals surface area contributed by atoms with Crippen LogP contribution in [-0.4, -0.2) is 44.3 Å². The first-order valence-electron chi connectivity index (χ1n) is 13.6. The van der Waals surface area contributed by atoms with Crippen molar-refractivity contribution in [3.05, 3.63) is 94.5 Å². The minimum Gasteiger partial charge on any atom is -0.354 e. The van der Waals surface area contributed by atoms with E-state index in [2.05, 4.69) is 5.32 Å². The van der Waals surface area contributed by atoms with Crippen molar-refractivity contribution >= 4 is 39.1 Å². The molecule has 0 spiro atoms. The van der Waals surface area contributed by atoms with E-state index in [0.717, 1.165) is 28.3 Å². The van der Waals surface area contributed by atoms with E-state index < -0.39 is 28.5 Å². The van der Waals surface area contributed by atoms with E-state index in [0.29, 0.717) is 29.2 Å². The number of halogens is 1. The number of unbranched alkanes of at least 4 members (excludes halogenated alkanes) is 1. The summed E-state index contributed by atoms with van der Waals surface area (Å²) < 4.78 is 28.9. The Balaban J connectivity index is 2.06. The molecular weight excluding hydrogens is 546 g/mol. The van der Waals surface area contributed by atoms with Crippen LogP contribution in [0.2, 0.25) is 5.02 Å². The second kappa shape index (κ2) is 14.3. The van der Waals surface area contributed by atoms with Crippen molar-refractivity contribution in [2.24, 2.45) is 0 Å². The van der Waals surface area contributed by atoms with E-state index in [1.165, 1.54) is 17.0 Å². The van der Waals surface area contributed by atoms with Crippen LogP contribution in [0.5, 0.6) is 0 Å². The molecule has 0 aliphatic rings. The van der Waals surface area contributed by atoms with Gasteiger partial charge in [0.25, 0.3) is 10.0 Å². The van der Waals surface area contributed by atoms with Gasteiger partial charge in [0.2, 0.25) is 11.8 Å². The molecule has 3 rings (SSSR count). The number of benzene rings is 3. The van der Waals surface area contributed by atoms with Gasteiger partial charge in [-0.05, 0) is 73.7 Å². The summed E-state index contributed by atoms with van der Waals surface area (Å²) >= 11 is 6.44. The van der Waals surface area contributed by atoms with Crippen LogP contribution in [-0.2, 0) is 26.2 Å². The molecule has 0 aromatic heterocycles. The molecule has 0 fully saturated rings. The van der Waals surface area contributed by atoms with E-state index in [1.807, 2.05) is 39.8 Å². The summed E-state index contributed by atoms with van der Waals surface area (Å²) in [6.07, 6.45) is 2.08. The third-order valence-electron chi connectivity index (χ3n) is 6.90. The molecule has 0 radical (unpaired) electrons. The maximum atomic E-state index is 14.1. The van der Waals surface area contributed by atoms with Crippen molar-refractivity contribution in [1.29, 1.82) is 0 Å². The predicted molar refractivity (Wildman–Crippen MR) is 161 cm³/mol. The van der Waals surface area contributed by atoms with Gasteiger partial charge in [-0.2, -0.15) is 0 Å². The number of anilines is 1. The highest BCUT2D eigenvalue weighted by Gasteiger charge is 2.34. The van der Waals surface area contributed by atoms with Gasteiger partial charge in [-0.3, -0.25) is 13.9 Å². The second-order valence-corrected chi connectivity index (χ2v) is 12.0. The van der Waals surface area contributed by atoms with Gasteiger partial charge in [0.1, 0.15) is 12.6 Å². The largest absolute Gasteiger partial charge is 0.354 e. The van der Waals surface area contributed by atoms with Crippen LogP contribution in [0.4, 0.5) is 5.69 Å². The Kier molecular flexibility index (Phi) is 11.2. The summed E-state index contributed by atoms with van der Waals surface area (Å²) in [6, 6.07) is 19.6. The fraction of sp³-hybridized carbons (Fsp3) is 0.355. The van der Waals surface area contributed by atoms with E-state index >= 15 is 0 Å².